The quantitative estimate of drug-likeness (QED) is 0.332. The minimum Gasteiger partial charge on any atom is -0.508 e. The molecule has 0 aromatic heterocycles. The van der Waals surface area contributed by atoms with Crippen molar-refractivity contribution in [2.24, 2.45) is 17.1 Å². The summed E-state index contributed by atoms with van der Waals surface area (Å²) in [4.78, 5) is 50.3. The average Bonchev–Trinajstić information content (AvgIpc) is 2.91. The molecule has 3 atom stereocenters. The first-order chi connectivity index (χ1) is 18.9. The van der Waals surface area contributed by atoms with Crippen molar-refractivity contribution < 1.29 is 34.5 Å². The molecule has 0 saturated heterocycles. The third-order valence-corrected chi connectivity index (χ3v) is 8.72. The van der Waals surface area contributed by atoms with Crippen LogP contribution in [0.4, 0.5) is 0 Å². The van der Waals surface area contributed by atoms with Gasteiger partial charge in [0.15, 0.2) is 11.4 Å². The van der Waals surface area contributed by atoms with E-state index in [1.165, 1.54) is 19.1 Å². The van der Waals surface area contributed by atoms with Gasteiger partial charge < -0.3 is 26.4 Å². The normalized spacial score (nSPS) is 25.6. The van der Waals surface area contributed by atoms with E-state index in [9.17, 15) is 34.5 Å². The Labute approximate surface area is 231 Å². The largest absolute Gasteiger partial charge is 0.508 e. The van der Waals surface area contributed by atoms with E-state index in [0.717, 1.165) is 16.7 Å². The molecule has 0 bridgehead atoms. The number of Topliss-reactive ketones (excluding diaryl/α,β-unsaturated/α-hetero) is 3. The lowest BCUT2D eigenvalue weighted by Crippen LogP contribution is -2.58. The molecule has 3 aliphatic carbocycles. The Kier molecular flexibility index (Phi) is 6.76. The first-order valence-electron chi connectivity index (χ1n) is 13.3. The van der Waals surface area contributed by atoms with Gasteiger partial charge in [0, 0.05) is 23.5 Å². The SMILES string of the molecule is CC[C@@]12Cc3c(-c4ccc(CNCC(C)=O)cc4)ccc(O)c3C(=O)C1=C(O)[C@]1(O)C(=O)C(C(N)=O)=CC[C@@H]1C2. The number of rotatable bonds is 7. The second-order valence-electron chi connectivity index (χ2n) is 11.1. The molecule has 0 spiro atoms. The van der Waals surface area contributed by atoms with Gasteiger partial charge in [0.2, 0.25) is 5.78 Å². The smallest absolute Gasteiger partial charge is 0.252 e. The van der Waals surface area contributed by atoms with E-state index in [1.807, 2.05) is 31.2 Å². The summed E-state index contributed by atoms with van der Waals surface area (Å²) < 4.78 is 0. The summed E-state index contributed by atoms with van der Waals surface area (Å²) in [6, 6.07) is 10.9. The summed E-state index contributed by atoms with van der Waals surface area (Å²) >= 11 is 0. The average molecular weight is 545 g/mol. The molecule has 6 N–H and O–H groups in total. The number of carbonyl (C=O) groups excluding carboxylic acids is 4. The number of nitrogens with two attached hydrogens (primary N) is 1. The van der Waals surface area contributed by atoms with E-state index < -0.39 is 45.7 Å². The maximum atomic E-state index is 14.1. The van der Waals surface area contributed by atoms with Gasteiger partial charge in [0.1, 0.15) is 17.3 Å². The monoisotopic (exact) mass is 544 g/mol. The fraction of sp³-hybridized carbons (Fsp3) is 0.355. The van der Waals surface area contributed by atoms with Crippen LogP contribution in [0, 0.1) is 11.3 Å². The fourth-order valence-electron chi connectivity index (χ4n) is 6.62. The van der Waals surface area contributed by atoms with E-state index >= 15 is 0 Å². The number of aromatic hydroxyl groups is 1. The molecule has 1 amide bonds. The molecule has 3 aliphatic rings. The zero-order valence-electron chi connectivity index (χ0n) is 22.4. The lowest BCUT2D eigenvalue weighted by molar-refractivity contribution is -0.144. The molecule has 208 valence electrons. The number of aliphatic hydroxyl groups is 2. The number of benzene rings is 2. The van der Waals surface area contributed by atoms with Crippen molar-refractivity contribution in [2.75, 3.05) is 6.54 Å². The van der Waals surface area contributed by atoms with Crippen molar-refractivity contribution in [1.29, 1.82) is 0 Å². The molecular weight excluding hydrogens is 512 g/mol. The van der Waals surface area contributed by atoms with Crippen LogP contribution in [-0.2, 0) is 27.3 Å². The summed E-state index contributed by atoms with van der Waals surface area (Å²) in [6.07, 6.45) is 2.47. The minimum absolute atomic E-state index is 0.0197. The highest BCUT2D eigenvalue weighted by Crippen LogP contribution is 2.58. The molecule has 40 heavy (non-hydrogen) atoms. The standard InChI is InChI=1S/C31H32N2O7/c1-3-30-12-19-8-9-21(29(32)39)27(37)31(19,40)28(38)25(30)26(36)24-22(13-30)20(10-11-23(24)35)18-6-4-17(5-7-18)15-33-14-16(2)34/h4-7,9-11,19,33,35,38,40H,3,8,12-15H2,1-2H3,(H2,32,39)/t19-,30-,31-/m1/s1. The predicted molar refractivity (Wildman–Crippen MR) is 146 cm³/mol. The number of nitrogens with one attached hydrogen (secondary N) is 1. The Morgan fingerprint density at radius 2 is 1.80 bits per heavy atom. The summed E-state index contributed by atoms with van der Waals surface area (Å²) in [5, 5.41) is 36.9. The van der Waals surface area contributed by atoms with Gasteiger partial charge >= 0.3 is 0 Å². The molecule has 0 radical (unpaired) electrons. The molecule has 0 heterocycles. The van der Waals surface area contributed by atoms with Crippen LogP contribution in [0.1, 0.15) is 54.6 Å². The molecule has 0 unspecified atom stereocenters. The summed E-state index contributed by atoms with van der Waals surface area (Å²) in [5.41, 5.74) is 4.71. The van der Waals surface area contributed by atoms with Gasteiger partial charge in [-0.15, -0.1) is 0 Å². The molecule has 5 rings (SSSR count). The van der Waals surface area contributed by atoms with Crippen LogP contribution in [0.25, 0.3) is 11.1 Å². The number of allylic oxidation sites excluding steroid dienone is 2. The van der Waals surface area contributed by atoms with E-state index in [4.69, 9.17) is 5.73 Å². The van der Waals surface area contributed by atoms with E-state index in [1.54, 1.807) is 6.07 Å². The maximum absolute atomic E-state index is 14.1. The van der Waals surface area contributed by atoms with E-state index in [2.05, 4.69) is 5.32 Å². The van der Waals surface area contributed by atoms with Crippen molar-refractivity contribution in [3.8, 4) is 16.9 Å². The molecule has 0 aliphatic heterocycles. The highest BCUT2D eigenvalue weighted by Gasteiger charge is 2.62. The molecule has 2 aromatic carbocycles. The van der Waals surface area contributed by atoms with Crippen molar-refractivity contribution >= 4 is 23.3 Å². The van der Waals surface area contributed by atoms with Gasteiger partial charge in [-0.05, 0) is 60.9 Å². The Hall–Kier alpha value is -4.08. The van der Waals surface area contributed by atoms with Crippen LogP contribution < -0.4 is 11.1 Å². The number of carbonyl (C=O) groups is 4. The Morgan fingerprint density at radius 3 is 2.42 bits per heavy atom. The van der Waals surface area contributed by atoms with Gasteiger partial charge in [-0.2, -0.15) is 0 Å². The van der Waals surface area contributed by atoms with Gasteiger partial charge in [-0.1, -0.05) is 43.3 Å². The summed E-state index contributed by atoms with van der Waals surface area (Å²) in [7, 11) is 0. The third kappa shape index (κ3) is 4.08. The van der Waals surface area contributed by atoms with Crippen molar-refractivity contribution in [2.45, 2.75) is 51.7 Å². The number of primary amides is 1. The first kappa shape index (κ1) is 27.5. The van der Waals surface area contributed by atoms with Crippen molar-refractivity contribution in [3.05, 3.63) is 76.1 Å². The summed E-state index contributed by atoms with van der Waals surface area (Å²) in [6.45, 7) is 4.20. The van der Waals surface area contributed by atoms with Crippen LogP contribution in [0.5, 0.6) is 5.75 Å². The minimum atomic E-state index is -2.44. The first-order valence-corrected chi connectivity index (χ1v) is 13.3. The van der Waals surface area contributed by atoms with Crippen molar-refractivity contribution in [3.63, 3.8) is 0 Å². The second-order valence-corrected chi connectivity index (χ2v) is 11.1. The molecule has 9 heteroatoms. The number of ketones is 3. The van der Waals surface area contributed by atoms with Crippen molar-refractivity contribution in [1.82, 2.24) is 5.32 Å². The number of phenols is 1. The number of hydrogen-bond acceptors (Lipinski definition) is 8. The highest BCUT2D eigenvalue weighted by atomic mass is 16.3. The Bertz CT molecular complexity index is 1520. The van der Waals surface area contributed by atoms with Crippen LogP contribution >= 0.6 is 0 Å². The Balaban J connectivity index is 1.60. The van der Waals surface area contributed by atoms with Crippen LogP contribution in [0.2, 0.25) is 0 Å². The number of aliphatic hydroxyl groups excluding tert-OH is 1. The molecule has 0 fully saturated rings. The van der Waals surface area contributed by atoms with E-state index in [0.29, 0.717) is 24.9 Å². The fourth-order valence-corrected chi connectivity index (χ4v) is 6.62. The number of amides is 1. The summed E-state index contributed by atoms with van der Waals surface area (Å²) in [5.74, 6) is -4.41. The topological polar surface area (TPSA) is 167 Å². The predicted octanol–water partition coefficient (Wildman–Crippen LogP) is 2.82. The molecular formula is C31H32N2O7. The van der Waals surface area contributed by atoms with Gasteiger partial charge in [-0.25, -0.2) is 0 Å². The lowest BCUT2D eigenvalue weighted by Gasteiger charge is -2.51. The van der Waals surface area contributed by atoms with Gasteiger partial charge in [0.25, 0.3) is 5.91 Å². The number of hydrogen-bond donors (Lipinski definition) is 5. The Morgan fingerprint density at radius 1 is 1.10 bits per heavy atom. The zero-order valence-corrected chi connectivity index (χ0v) is 22.4. The molecule has 0 saturated carbocycles. The van der Waals surface area contributed by atoms with Crippen LogP contribution in [0.15, 0.2) is 59.4 Å². The van der Waals surface area contributed by atoms with E-state index in [-0.39, 0.29) is 42.1 Å². The third-order valence-electron chi connectivity index (χ3n) is 8.72. The lowest BCUT2D eigenvalue weighted by atomic mass is 9.53. The second kappa shape index (κ2) is 9.83. The van der Waals surface area contributed by atoms with Crippen LogP contribution in [-0.4, -0.2) is 50.7 Å². The molecule has 9 nitrogen and oxygen atoms in total. The van der Waals surface area contributed by atoms with Crippen LogP contribution in [0.3, 0.4) is 0 Å². The molecule has 2 aromatic rings. The number of fused-ring (bicyclic) bond motifs is 3. The van der Waals surface area contributed by atoms with Gasteiger partial charge in [-0.3, -0.25) is 19.2 Å². The number of phenolic OH excluding ortho intramolecular Hbond substituents is 1. The maximum Gasteiger partial charge on any atom is 0.252 e. The highest BCUT2D eigenvalue weighted by molar-refractivity contribution is 6.24. The van der Waals surface area contributed by atoms with Gasteiger partial charge in [0.05, 0.1) is 17.7 Å². The zero-order chi connectivity index (χ0) is 29.0.